The molecule has 1 saturated heterocycles. The highest BCUT2D eigenvalue weighted by atomic mass is 16.6. The predicted molar refractivity (Wildman–Crippen MR) is 143 cm³/mol. The summed E-state index contributed by atoms with van der Waals surface area (Å²) in [4.78, 5) is 64.4. The molecule has 0 unspecified atom stereocenters. The fourth-order valence-corrected chi connectivity index (χ4v) is 7.11. The summed E-state index contributed by atoms with van der Waals surface area (Å²) in [6.45, 7) is 6.77. The first kappa shape index (κ1) is 31.3. The van der Waals surface area contributed by atoms with Crippen LogP contribution in [-0.2, 0) is 47.7 Å². The van der Waals surface area contributed by atoms with Gasteiger partial charge in [0.1, 0.15) is 23.7 Å². The number of carbonyl (C=O) groups is 5. The van der Waals surface area contributed by atoms with E-state index in [1.54, 1.807) is 30.3 Å². The van der Waals surface area contributed by atoms with Crippen molar-refractivity contribution in [2.24, 2.45) is 11.3 Å². The number of aliphatic hydroxyl groups is 2. The first-order valence-electron chi connectivity index (χ1n) is 13.6. The average molecular weight is 589 g/mol. The summed E-state index contributed by atoms with van der Waals surface area (Å²) in [5, 5.41) is 23.9. The Labute approximate surface area is 242 Å². The number of Topliss-reactive ketones (excluding diaryl/α,β-unsaturated/α-hetero) is 1. The molecule has 1 aromatic carbocycles. The van der Waals surface area contributed by atoms with Crippen LogP contribution >= 0.6 is 0 Å². The Morgan fingerprint density at radius 2 is 1.60 bits per heavy atom. The minimum Gasteiger partial charge on any atom is -0.465 e. The zero-order valence-electron chi connectivity index (χ0n) is 24.3. The van der Waals surface area contributed by atoms with Crippen molar-refractivity contribution < 1.29 is 57.9 Å². The lowest BCUT2D eigenvalue weighted by atomic mass is 9.46. The minimum atomic E-state index is -2.27. The van der Waals surface area contributed by atoms with Gasteiger partial charge in [0.15, 0.2) is 18.0 Å². The van der Waals surface area contributed by atoms with E-state index in [-0.39, 0.29) is 0 Å². The number of fused-ring (bicyclic) bond motifs is 1. The molecule has 1 spiro atoms. The fourth-order valence-electron chi connectivity index (χ4n) is 7.11. The van der Waals surface area contributed by atoms with Crippen LogP contribution in [0.5, 0.6) is 0 Å². The molecule has 3 fully saturated rings. The molecule has 4 rings (SSSR count). The molecule has 3 aliphatic rings. The van der Waals surface area contributed by atoms with Crippen LogP contribution in [0.2, 0.25) is 0 Å². The zero-order chi connectivity index (χ0) is 31.3. The first-order valence-corrected chi connectivity index (χ1v) is 13.6. The van der Waals surface area contributed by atoms with E-state index in [0.29, 0.717) is 5.56 Å². The third kappa shape index (κ3) is 4.91. The van der Waals surface area contributed by atoms with Crippen molar-refractivity contribution in [1.29, 1.82) is 0 Å². The maximum atomic E-state index is 14.1. The maximum Gasteiger partial charge on any atom is 0.331 e. The number of rotatable bonds is 7. The maximum absolute atomic E-state index is 14.1. The Morgan fingerprint density at radius 1 is 0.976 bits per heavy atom. The topological polar surface area (TPSA) is 172 Å². The van der Waals surface area contributed by atoms with Crippen LogP contribution in [0.4, 0.5) is 0 Å². The summed E-state index contributed by atoms with van der Waals surface area (Å²) in [5.74, 6) is -5.61. The highest BCUT2D eigenvalue weighted by Crippen LogP contribution is 2.67. The van der Waals surface area contributed by atoms with E-state index in [4.69, 9.17) is 23.7 Å². The Morgan fingerprint density at radius 3 is 2.17 bits per heavy atom. The highest BCUT2D eigenvalue weighted by molar-refractivity contribution is 5.93. The molecule has 1 aliphatic heterocycles. The van der Waals surface area contributed by atoms with E-state index in [9.17, 15) is 34.2 Å². The fraction of sp³-hybridized carbons (Fsp3) is 0.567. The molecule has 42 heavy (non-hydrogen) atoms. The van der Waals surface area contributed by atoms with Gasteiger partial charge in [0.25, 0.3) is 0 Å². The molecule has 0 amide bonds. The molecule has 12 nitrogen and oxygen atoms in total. The molecule has 0 aromatic heterocycles. The van der Waals surface area contributed by atoms with Gasteiger partial charge in [-0.2, -0.15) is 0 Å². The van der Waals surface area contributed by atoms with Gasteiger partial charge in [-0.1, -0.05) is 30.3 Å². The predicted octanol–water partition coefficient (Wildman–Crippen LogP) is 1.29. The molecule has 2 N–H and O–H groups in total. The summed E-state index contributed by atoms with van der Waals surface area (Å²) >= 11 is 0. The van der Waals surface area contributed by atoms with Crippen LogP contribution in [0.1, 0.15) is 53.5 Å². The summed E-state index contributed by atoms with van der Waals surface area (Å²) in [6.07, 6.45) is -4.62. The van der Waals surface area contributed by atoms with E-state index < -0.39 is 95.2 Å². The van der Waals surface area contributed by atoms with E-state index in [1.165, 1.54) is 26.8 Å². The second kappa shape index (κ2) is 10.9. The number of ether oxygens (including phenoxy) is 5. The largest absolute Gasteiger partial charge is 0.465 e. The quantitative estimate of drug-likeness (QED) is 0.266. The van der Waals surface area contributed by atoms with Gasteiger partial charge in [-0.15, -0.1) is 0 Å². The number of hydrogen-bond donors (Lipinski definition) is 2. The van der Waals surface area contributed by atoms with Gasteiger partial charge in [0.2, 0.25) is 0 Å². The van der Waals surface area contributed by atoms with Gasteiger partial charge in [-0.3, -0.25) is 19.2 Å². The summed E-state index contributed by atoms with van der Waals surface area (Å²) in [6, 6.07) is 8.79. The number of benzene rings is 1. The number of aliphatic hydroxyl groups excluding tert-OH is 1. The van der Waals surface area contributed by atoms with Gasteiger partial charge in [-0.05, 0) is 32.4 Å². The highest BCUT2D eigenvalue weighted by Gasteiger charge is 2.87. The molecular weight excluding hydrogens is 552 g/mol. The van der Waals surface area contributed by atoms with E-state index in [0.717, 1.165) is 26.8 Å². The van der Waals surface area contributed by atoms with Crippen LogP contribution < -0.4 is 0 Å². The molecule has 1 heterocycles. The van der Waals surface area contributed by atoms with Gasteiger partial charge in [0, 0.05) is 33.3 Å². The summed E-state index contributed by atoms with van der Waals surface area (Å²) < 4.78 is 28.9. The Balaban J connectivity index is 1.99. The number of ketones is 1. The van der Waals surface area contributed by atoms with Crippen LogP contribution in [-0.4, -0.2) is 87.7 Å². The van der Waals surface area contributed by atoms with Crippen molar-refractivity contribution in [3.8, 4) is 0 Å². The van der Waals surface area contributed by atoms with Crippen molar-refractivity contribution in [3.05, 3.63) is 42.0 Å². The van der Waals surface area contributed by atoms with Gasteiger partial charge in [-0.25, -0.2) is 4.79 Å². The van der Waals surface area contributed by atoms with Crippen molar-refractivity contribution in [3.63, 3.8) is 0 Å². The second-order valence-corrected chi connectivity index (χ2v) is 11.8. The van der Waals surface area contributed by atoms with Crippen LogP contribution in [0.15, 0.2) is 36.4 Å². The van der Waals surface area contributed by atoms with E-state index >= 15 is 0 Å². The van der Waals surface area contributed by atoms with Crippen molar-refractivity contribution >= 4 is 35.7 Å². The third-order valence-corrected chi connectivity index (χ3v) is 8.44. The molecular formula is C30H36O12. The van der Waals surface area contributed by atoms with Crippen molar-refractivity contribution in [2.45, 2.75) is 89.2 Å². The molecule has 2 saturated carbocycles. The molecule has 228 valence electrons. The average Bonchev–Trinajstić information content (AvgIpc) is 3.06. The second-order valence-electron chi connectivity index (χ2n) is 11.8. The first-order chi connectivity index (χ1) is 19.5. The molecule has 0 radical (unpaired) electrons. The Kier molecular flexibility index (Phi) is 8.13. The van der Waals surface area contributed by atoms with Crippen molar-refractivity contribution in [1.82, 2.24) is 0 Å². The normalized spacial score (nSPS) is 36.6. The molecule has 2 bridgehead atoms. The van der Waals surface area contributed by atoms with E-state index in [2.05, 4.69) is 0 Å². The Hall–Kier alpha value is -3.61. The van der Waals surface area contributed by atoms with Gasteiger partial charge in [0.05, 0.1) is 23.2 Å². The standard InChI is InChI=1S/C30H36O12/c1-16(31)38-15-29-25(41-21(34)13-12-19-10-8-7-9-11-19)20(39-17(2)32)14-28(6,37)30(29)24(36)22(27(4,5)42-30)23(35)26(29)40-18(3)33/h7-13,20,22,24-26,36-37H,14-15H2,1-6H3/b13-12+/t20-,22+,24+,25-,26+,28-,29-,30-/m0/s1. The molecule has 12 heteroatoms. The zero-order valence-corrected chi connectivity index (χ0v) is 24.3. The smallest absolute Gasteiger partial charge is 0.331 e. The lowest BCUT2D eigenvalue weighted by molar-refractivity contribution is -0.350. The summed E-state index contributed by atoms with van der Waals surface area (Å²) in [7, 11) is 0. The van der Waals surface area contributed by atoms with Gasteiger partial charge < -0.3 is 33.9 Å². The van der Waals surface area contributed by atoms with Crippen LogP contribution in [0.25, 0.3) is 6.08 Å². The number of esters is 4. The lowest BCUT2D eigenvalue weighted by Gasteiger charge is -2.64. The molecule has 1 aromatic rings. The van der Waals surface area contributed by atoms with Crippen LogP contribution in [0, 0.1) is 11.3 Å². The number of hydrogen-bond acceptors (Lipinski definition) is 12. The molecule has 2 aliphatic carbocycles. The van der Waals surface area contributed by atoms with Crippen LogP contribution in [0.3, 0.4) is 0 Å². The minimum absolute atomic E-state index is 0.421. The monoisotopic (exact) mass is 588 g/mol. The number of carbonyl (C=O) groups excluding carboxylic acids is 5. The lowest BCUT2D eigenvalue weighted by Crippen LogP contribution is -2.84. The third-order valence-electron chi connectivity index (χ3n) is 8.44. The summed E-state index contributed by atoms with van der Waals surface area (Å²) in [5.41, 5.74) is -7.37. The van der Waals surface area contributed by atoms with Gasteiger partial charge >= 0.3 is 23.9 Å². The Bertz CT molecular complexity index is 1300. The van der Waals surface area contributed by atoms with Crippen molar-refractivity contribution in [2.75, 3.05) is 6.61 Å². The SMILES string of the molecule is CC(=O)OC[C@]12[C@H](OC(C)=O)C(=O)[C@@H]3[C@@H](O)[C@]1(OC3(C)C)[C@@](C)(O)C[C@H](OC(C)=O)[C@@H]2OC(=O)/C=C/c1ccccc1. The van der Waals surface area contributed by atoms with E-state index in [1.807, 2.05) is 0 Å². The molecule has 8 atom stereocenters.